The van der Waals surface area contributed by atoms with Crippen LogP contribution in [0.3, 0.4) is 0 Å². The van der Waals surface area contributed by atoms with E-state index in [9.17, 15) is 9.59 Å². The van der Waals surface area contributed by atoms with Gasteiger partial charge >= 0.3 is 0 Å². The van der Waals surface area contributed by atoms with Crippen LogP contribution in [0.1, 0.15) is 24.5 Å². The van der Waals surface area contributed by atoms with Crippen molar-refractivity contribution in [3.8, 4) is 11.5 Å². The number of methoxy groups -OCH3 is 2. The van der Waals surface area contributed by atoms with Crippen molar-refractivity contribution in [1.82, 2.24) is 15.2 Å². The van der Waals surface area contributed by atoms with E-state index < -0.39 is 0 Å². The molecule has 0 aliphatic carbocycles. The van der Waals surface area contributed by atoms with Gasteiger partial charge in [-0.2, -0.15) is 0 Å². The van der Waals surface area contributed by atoms with Crippen molar-refractivity contribution in [3.63, 3.8) is 0 Å². The lowest BCUT2D eigenvalue weighted by molar-refractivity contribution is -0.130. The topological polar surface area (TPSA) is 80.8 Å². The van der Waals surface area contributed by atoms with E-state index in [-0.39, 0.29) is 11.8 Å². The predicted octanol–water partition coefficient (Wildman–Crippen LogP) is 2.20. The smallest absolute Gasteiger partial charge is 0.220 e. The molecule has 0 atom stereocenters. The van der Waals surface area contributed by atoms with Crippen LogP contribution in [-0.2, 0) is 22.6 Å². The lowest BCUT2D eigenvalue weighted by Crippen LogP contribution is -2.37. The number of carbonyl (C=O) groups excluding carboxylic acids is 2. The molecular weight excluding hydrogens is 358 g/mol. The molecule has 1 N–H and O–H groups in total. The summed E-state index contributed by atoms with van der Waals surface area (Å²) in [4.78, 5) is 29.6. The fourth-order valence-corrected chi connectivity index (χ4v) is 2.77. The zero-order valence-electron chi connectivity index (χ0n) is 16.6. The number of nitrogens with zero attached hydrogens (tertiary/aromatic N) is 2. The van der Waals surface area contributed by atoms with Gasteiger partial charge in [-0.15, -0.1) is 0 Å². The Balaban J connectivity index is 1.77. The second-order valence-corrected chi connectivity index (χ2v) is 6.34. The number of rotatable bonds is 10. The van der Waals surface area contributed by atoms with Crippen LogP contribution in [-0.4, -0.2) is 49.0 Å². The van der Waals surface area contributed by atoms with E-state index >= 15 is 0 Å². The number of ether oxygens (including phenoxy) is 2. The van der Waals surface area contributed by atoms with Crippen molar-refractivity contribution in [2.45, 2.75) is 26.3 Å². The number of benzene rings is 1. The number of carbonyl (C=O) groups is 2. The summed E-state index contributed by atoms with van der Waals surface area (Å²) in [6, 6.07) is 9.37. The molecular formula is C21H27N3O4. The Bertz CT molecular complexity index is 780. The molecule has 150 valence electrons. The van der Waals surface area contributed by atoms with Gasteiger partial charge in [0.05, 0.1) is 14.2 Å². The number of hydrogen-bond acceptors (Lipinski definition) is 5. The predicted molar refractivity (Wildman–Crippen MR) is 106 cm³/mol. The molecule has 1 aromatic heterocycles. The summed E-state index contributed by atoms with van der Waals surface area (Å²) in [5.41, 5.74) is 2.00. The van der Waals surface area contributed by atoms with Crippen LogP contribution in [0.4, 0.5) is 0 Å². The first-order valence-electron chi connectivity index (χ1n) is 9.15. The van der Waals surface area contributed by atoms with Crippen molar-refractivity contribution < 1.29 is 19.1 Å². The van der Waals surface area contributed by atoms with Crippen LogP contribution in [0.5, 0.6) is 11.5 Å². The van der Waals surface area contributed by atoms with Crippen molar-refractivity contribution in [1.29, 1.82) is 0 Å². The van der Waals surface area contributed by atoms with Crippen molar-refractivity contribution in [3.05, 3.63) is 53.9 Å². The van der Waals surface area contributed by atoms with E-state index in [4.69, 9.17) is 9.47 Å². The standard InChI is InChI=1S/C21H27N3O4/c1-16(25)24(15-18-8-10-22-11-9-18)13-12-23-21(26)7-5-17-4-6-19(27-2)20(14-17)28-3/h4,6,8-11,14H,5,7,12-13,15H2,1-3H3,(H,23,26). The van der Waals surface area contributed by atoms with Gasteiger partial charge in [-0.3, -0.25) is 14.6 Å². The lowest BCUT2D eigenvalue weighted by atomic mass is 10.1. The second kappa shape index (κ2) is 10.9. The molecule has 2 aromatic rings. The molecule has 0 spiro atoms. The number of nitrogens with one attached hydrogen (secondary N) is 1. The number of hydrogen-bond donors (Lipinski definition) is 1. The second-order valence-electron chi connectivity index (χ2n) is 6.34. The first-order valence-corrected chi connectivity index (χ1v) is 9.15. The maximum Gasteiger partial charge on any atom is 0.220 e. The third-order valence-electron chi connectivity index (χ3n) is 4.36. The van der Waals surface area contributed by atoms with Gasteiger partial charge in [0, 0.05) is 45.4 Å². The molecule has 28 heavy (non-hydrogen) atoms. The van der Waals surface area contributed by atoms with Crippen LogP contribution in [0.2, 0.25) is 0 Å². The van der Waals surface area contributed by atoms with E-state index in [0.717, 1.165) is 11.1 Å². The fraction of sp³-hybridized carbons (Fsp3) is 0.381. The van der Waals surface area contributed by atoms with Crippen LogP contribution >= 0.6 is 0 Å². The minimum atomic E-state index is -0.0535. The molecule has 7 heteroatoms. The van der Waals surface area contributed by atoms with E-state index in [1.165, 1.54) is 6.92 Å². The highest BCUT2D eigenvalue weighted by Gasteiger charge is 2.11. The Labute approximate surface area is 165 Å². The zero-order valence-corrected chi connectivity index (χ0v) is 16.6. The normalized spacial score (nSPS) is 10.2. The molecule has 0 saturated carbocycles. The van der Waals surface area contributed by atoms with E-state index in [1.54, 1.807) is 31.5 Å². The molecule has 0 aliphatic rings. The minimum Gasteiger partial charge on any atom is -0.493 e. The highest BCUT2D eigenvalue weighted by atomic mass is 16.5. The van der Waals surface area contributed by atoms with Crippen LogP contribution in [0.15, 0.2) is 42.7 Å². The molecule has 2 amide bonds. The third kappa shape index (κ3) is 6.57. The number of amides is 2. The van der Waals surface area contributed by atoms with E-state index in [0.29, 0.717) is 44.0 Å². The first kappa shape index (κ1) is 21.2. The average molecular weight is 385 g/mol. The number of aryl methyl sites for hydroxylation is 1. The summed E-state index contributed by atoms with van der Waals surface area (Å²) in [5.74, 6) is 1.22. The third-order valence-corrected chi connectivity index (χ3v) is 4.36. The molecule has 2 rings (SSSR count). The number of pyridine rings is 1. The maximum absolute atomic E-state index is 12.1. The SMILES string of the molecule is COc1ccc(CCC(=O)NCCN(Cc2ccncc2)C(C)=O)cc1OC. The van der Waals surface area contributed by atoms with E-state index in [2.05, 4.69) is 10.3 Å². The highest BCUT2D eigenvalue weighted by Crippen LogP contribution is 2.27. The molecule has 0 aliphatic heterocycles. The molecule has 0 bridgehead atoms. The maximum atomic E-state index is 12.1. The average Bonchev–Trinajstić information content (AvgIpc) is 2.71. The number of aromatic nitrogens is 1. The van der Waals surface area contributed by atoms with Gasteiger partial charge in [0.1, 0.15) is 0 Å². The fourth-order valence-electron chi connectivity index (χ4n) is 2.77. The zero-order chi connectivity index (χ0) is 20.4. The largest absolute Gasteiger partial charge is 0.493 e. The molecule has 0 radical (unpaired) electrons. The Morgan fingerprint density at radius 3 is 2.39 bits per heavy atom. The van der Waals surface area contributed by atoms with Crippen molar-refractivity contribution in [2.75, 3.05) is 27.3 Å². The summed E-state index contributed by atoms with van der Waals surface area (Å²) >= 11 is 0. The Hall–Kier alpha value is -3.09. The van der Waals surface area contributed by atoms with Gasteiger partial charge in [-0.25, -0.2) is 0 Å². The quantitative estimate of drug-likeness (QED) is 0.678. The molecule has 1 heterocycles. The Morgan fingerprint density at radius 1 is 1.04 bits per heavy atom. The van der Waals surface area contributed by atoms with Crippen LogP contribution in [0.25, 0.3) is 0 Å². The van der Waals surface area contributed by atoms with Gasteiger partial charge in [-0.05, 0) is 41.8 Å². The summed E-state index contributed by atoms with van der Waals surface area (Å²) in [5, 5.41) is 2.87. The minimum absolute atomic E-state index is 0.0311. The monoisotopic (exact) mass is 385 g/mol. The van der Waals surface area contributed by atoms with Crippen LogP contribution in [0, 0.1) is 0 Å². The summed E-state index contributed by atoms with van der Waals surface area (Å²) < 4.78 is 10.5. The summed E-state index contributed by atoms with van der Waals surface area (Å²) in [6.45, 7) is 2.90. The first-order chi connectivity index (χ1) is 13.5. The van der Waals surface area contributed by atoms with Crippen molar-refractivity contribution in [2.24, 2.45) is 0 Å². The molecule has 0 fully saturated rings. The summed E-state index contributed by atoms with van der Waals surface area (Å²) in [7, 11) is 3.17. The Kier molecular flexibility index (Phi) is 8.27. The molecule has 0 unspecified atom stereocenters. The van der Waals surface area contributed by atoms with Gasteiger partial charge in [-0.1, -0.05) is 6.07 Å². The van der Waals surface area contributed by atoms with Gasteiger partial charge in [0.2, 0.25) is 11.8 Å². The molecule has 0 saturated heterocycles. The van der Waals surface area contributed by atoms with Gasteiger partial charge < -0.3 is 19.7 Å². The van der Waals surface area contributed by atoms with Crippen molar-refractivity contribution >= 4 is 11.8 Å². The van der Waals surface area contributed by atoms with E-state index in [1.807, 2.05) is 30.3 Å². The lowest BCUT2D eigenvalue weighted by Gasteiger charge is -2.21. The summed E-state index contributed by atoms with van der Waals surface area (Å²) in [6.07, 6.45) is 4.35. The molecule has 7 nitrogen and oxygen atoms in total. The van der Waals surface area contributed by atoms with Gasteiger partial charge in [0.15, 0.2) is 11.5 Å². The van der Waals surface area contributed by atoms with Crippen LogP contribution < -0.4 is 14.8 Å². The Morgan fingerprint density at radius 2 is 1.75 bits per heavy atom. The molecule has 1 aromatic carbocycles. The highest BCUT2D eigenvalue weighted by molar-refractivity contribution is 5.76. The van der Waals surface area contributed by atoms with Gasteiger partial charge in [0.25, 0.3) is 0 Å².